The van der Waals surface area contributed by atoms with E-state index in [4.69, 9.17) is 9.47 Å². The average molecular weight is 478 g/mol. The Morgan fingerprint density at radius 2 is 1.77 bits per heavy atom. The Balaban J connectivity index is 1.18. The normalized spacial score (nSPS) is 19.0. The molecule has 8 heteroatoms. The fourth-order valence-electron chi connectivity index (χ4n) is 5.66. The van der Waals surface area contributed by atoms with Gasteiger partial charge in [-0.05, 0) is 49.9 Å². The number of ether oxygens (including phenoxy) is 2. The third kappa shape index (κ3) is 5.02. The lowest BCUT2D eigenvalue weighted by molar-refractivity contribution is -0.117. The predicted molar refractivity (Wildman–Crippen MR) is 134 cm³/mol. The number of nitrogens with one attached hydrogen (secondary N) is 1. The number of rotatable bonds is 6. The zero-order valence-electron chi connectivity index (χ0n) is 20.8. The van der Waals surface area contributed by atoms with Crippen molar-refractivity contribution in [3.8, 4) is 17.6 Å². The van der Waals surface area contributed by atoms with Gasteiger partial charge in [-0.25, -0.2) is 0 Å². The van der Waals surface area contributed by atoms with Gasteiger partial charge in [0.15, 0.2) is 11.5 Å². The molecule has 2 aliphatic heterocycles. The minimum atomic E-state index is -0.0414. The van der Waals surface area contributed by atoms with E-state index in [1.165, 1.54) is 24.8 Å². The lowest BCUT2D eigenvalue weighted by atomic mass is 9.95. The van der Waals surface area contributed by atoms with Crippen molar-refractivity contribution in [2.24, 2.45) is 0 Å². The Hall–Kier alpha value is -3.02. The highest BCUT2D eigenvalue weighted by Gasteiger charge is 2.27. The van der Waals surface area contributed by atoms with Crippen molar-refractivity contribution in [2.45, 2.75) is 58.5 Å². The molecule has 3 heterocycles. The fraction of sp³-hybridized carbons (Fsp3) is 0.556. The van der Waals surface area contributed by atoms with Crippen molar-refractivity contribution < 1.29 is 14.3 Å². The summed E-state index contributed by atoms with van der Waals surface area (Å²) in [5.74, 6) is 2.28. The molecule has 1 saturated carbocycles. The molecule has 0 bridgehead atoms. The number of hydrogen-bond donors (Lipinski definition) is 1. The molecule has 3 aliphatic rings. The van der Waals surface area contributed by atoms with E-state index < -0.39 is 0 Å². The fourth-order valence-corrected chi connectivity index (χ4v) is 5.66. The minimum Gasteiger partial charge on any atom is -0.454 e. The van der Waals surface area contributed by atoms with Crippen molar-refractivity contribution in [3.05, 3.63) is 40.6 Å². The van der Waals surface area contributed by atoms with Gasteiger partial charge in [0.25, 0.3) is 0 Å². The molecule has 8 nitrogen and oxygen atoms in total. The van der Waals surface area contributed by atoms with Gasteiger partial charge in [-0.1, -0.05) is 25.3 Å². The van der Waals surface area contributed by atoms with E-state index in [-0.39, 0.29) is 5.91 Å². The number of piperazine rings is 1. The van der Waals surface area contributed by atoms with Crippen LogP contribution in [0.2, 0.25) is 0 Å². The summed E-state index contributed by atoms with van der Waals surface area (Å²) in [7, 11) is 0. The molecule has 0 spiro atoms. The molecule has 1 aliphatic carbocycles. The lowest BCUT2D eigenvalue weighted by Crippen LogP contribution is -2.48. The Kier molecular flexibility index (Phi) is 6.98. The van der Waals surface area contributed by atoms with Crippen LogP contribution in [0.5, 0.6) is 11.5 Å². The highest BCUT2D eigenvalue weighted by atomic mass is 16.7. The SMILES string of the molecule is Cc1c(C#N)c(NC(=O)CN2CCN(Cc3ccc4c(c3)OCO4)CC2)n(C2CCCCC2)c1C. The third-order valence-corrected chi connectivity index (χ3v) is 7.74. The van der Waals surface area contributed by atoms with Crippen LogP contribution in [0, 0.1) is 25.2 Å². The van der Waals surface area contributed by atoms with Gasteiger partial charge in [0.05, 0.1) is 12.1 Å². The molecular formula is C27H35N5O3. The highest BCUT2D eigenvalue weighted by molar-refractivity contribution is 5.93. The molecule has 1 amide bonds. The summed E-state index contributed by atoms with van der Waals surface area (Å²) in [5.41, 5.74) is 3.89. The van der Waals surface area contributed by atoms with Crippen LogP contribution in [-0.4, -0.2) is 59.8 Å². The first-order chi connectivity index (χ1) is 17.0. The largest absolute Gasteiger partial charge is 0.454 e. The summed E-state index contributed by atoms with van der Waals surface area (Å²) in [6.07, 6.45) is 5.88. The Labute approximate surface area is 207 Å². The summed E-state index contributed by atoms with van der Waals surface area (Å²) < 4.78 is 13.1. The first-order valence-electron chi connectivity index (χ1n) is 12.8. The van der Waals surface area contributed by atoms with Gasteiger partial charge in [0, 0.05) is 44.5 Å². The van der Waals surface area contributed by atoms with E-state index in [1.807, 2.05) is 13.0 Å². The van der Waals surface area contributed by atoms with Gasteiger partial charge in [-0.3, -0.25) is 14.6 Å². The van der Waals surface area contributed by atoms with Gasteiger partial charge >= 0.3 is 0 Å². The molecule has 5 rings (SSSR count). The second-order valence-electron chi connectivity index (χ2n) is 10.00. The van der Waals surface area contributed by atoms with Crippen LogP contribution in [0.15, 0.2) is 18.2 Å². The lowest BCUT2D eigenvalue weighted by Gasteiger charge is -2.34. The van der Waals surface area contributed by atoms with E-state index in [1.54, 1.807) is 0 Å². The van der Waals surface area contributed by atoms with Crippen LogP contribution < -0.4 is 14.8 Å². The van der Waals surface area contributed by atoms with Crippen LogP contribution >= 0.6 is 0 Å². The minimum absolute atomic E-state index is 0.0414. The predicted octanol–water partition coefficient (Wildman–Crippen LogP) is 3.97. The maximum atomic E-state index is 13.1. The van der Waals surface area contributed by atoms with Crippen LogP contribution in [0.1, 0.15) is 60.5 Å². The highest BCUT2D eigenvalue weighted by Crippen LogP contribution is 2.37. The number of carbonyl (C=O) groups excluding carboxylic acids is 1. The first kappa shape index (κ1) is 23.7. The molecule has 0 unspecified atom stereocenters. The Morgan fingerprint density at radius 1 is 1.06 bits per heavy atom. The Morgan fingerprint density at radius 3 is 2.51 bits per heavy atom. The maximum Gasteiger partial charge on any atom is 0.239 e. The van der Waals surface area contributed by atoms with Gasteiger partial charge < -0.3 is 19.4 Å². The smallest absolute Gasteiger partial charge is 0.239 e. The number of nitrogens with zero attached hydrogens (tertiary/aromatic N) is 4. The van der Waals surface area contributed by atoms with Crippen LogP contribution in [0.4, 0.5) is 5.82 Å². The van der Waals surface area contributed by atoms with E-state index in [2.05, 4.69) is 44.8 Å². The first-order valence-corrected chi connectivity index (χ1v) is 12.8. The molecule has 2 aromatic rings. The second kappa shape index (κ2) is 10.3. The van der Waals surface area contributed by atoms with Crippen molar-refractivity contribution in [2.75, 3.05) is 44.8 Å². The quantitative estimate of drug-likeness (QED) is 0.678. The van der Waals surface area contributed by atoms with Crippen molar-refractivity contribution in [1.29, 1.82) is 5.26 Å². The van der Waals surface area contributed by atoms with E-state index in [0.29, 0.717) is 30.8 Å². The molecule has 1 aromatic heterocycles. The monoisotopic (exact) mass is 477 g/mol. The third-order valence-electron chi connectivity index (χ3n) is 7.74. The molecular weight excluding hydrogens is 442 g/mol. The van der Waals surface area contributed by atoms with Crippen LogP contribution in [-0.2, 0) is 11.3 Å². The number of aromatic nitrogens is 1. The summed E-state index contributed by atoms with van der Waals surface area (Å²) in [6, 6.07) is 8.82. The number of anilines is 1. The van der Waals surface area contributed by atoms with Crippen molar-refractivity contribution in [3.63, 3.8) is 0 Å². The van der Waals surface area contributed by atoms with Gasteiger partial charge in [-0.2, -0.15) is 5.26 Å². The number of hydrogen-bond acceptors (Lipinski definition) is 6. The topological polar surface area (TPSA) is 82.8 Å². The van der Waals surface area contributed by atoms with Gasteiger partial charge in [0.1, 0.15) is 11.9 Å². The molecule has 35 heavy (non-hydrogen) atoms. The molecule has 1 N–H and O–H groups in total. The number of nitriles is 1. The maximum absolute atomic E-state index is 13.1. The van der Waals surface area contributed by atoms with Crippen molar-refractivity contribution in [1.82, 2.24) is 14.4 Å². The number of benzene rings is 1. The molecule has 0 atom stereocenters. The zero-order chi connectivity index (χ0) is 24.4. The summed E-state index contributed by atoms with van der Waals surface area (Å²) in [5, 5.41) is 13.0. The van der Waals surface area contributed by atoms with E-state index in [0.717, 1.165) is 68.3 Å². The summed E-state index contributed by atoms with van der Waals surface area (Å²) >= 11 is 0. The van der Waals surface area contributed by atoms with E-state index in [9.17, 15) is 10.1 Å². The molecule has 2 fully saturated rings. The van der Waals surface area contributed by atoms with Gasteiger partial charge in [-0.15, -0.1) is 0 Å². The van der Waals surface area contributed by atoms with Gasteiger partial charge in [0.2, 0.25) is 12.7 Å². The molecule has 1 saturated heterocycles. The summed E-state index contributed by atoms with van der Waals surface area (Å²) in [6.45, 7) is 9.04. The number of fused-ring (bicyclic) bond motifs is 1. The summed E-state index contributed by atoms with van der Waals surface area (Å²) in [4.78, 5) is 17.7. The Bertz CT molecular complexity index is 1120. The standard InChI is InChI=1S/C27H35N5O3/c1-19-20(2)32(22-6-4-3-5-7-22)27(23(19)15-28)29-26(33)17-31-12-10-30(11-13-31)16-21-8-9-24-25(14-21)35-18-34-24/h8-9,14,22H,3-7,10-13,16-18H2,1-2H3,(H,29,33). The average Bonchev–Trinajstić information content (AvgIpc) is 3.42. The van der Waals surface area contributed by atoms with Crippen LogP contribution in [0.25, 0.3) is 0 Å². The number of amides is 1. The molecule has 1 aromatic carbocycles. The molecule has 0 radical (unpaired) electrons. The van der Waals surface area contributed by atoms with Crippen LogP contribution in [0.3, 0.4) is 0 Å². The zero-order valence-corrected chi connectivity index (χ0v) is 20.8. The second-order valence-corrected chi connectivity index (χ2v) is 10.00. The van der Waals surface area contributed by atoms with E-state index >= 15 is 0 Å². The van der Waals surface area contributed by atoms with Crippen molar-refractivity contribution >= 4 is 11.7 Å². The molecule has 186 valence electrons. The number of carbonyl (C=O) groups is 1.